The summed E-state index contributed by atoms with van der Waals surface area (Å²) in [5.41, 5.74) is 3.63. The number of carbonyl (C=O) groups excluding carboxylic acids is 1. The minimum absolute atomic E-state index is 0.275. The minimum atomic E-state index is -0.368. The Hall–Kier alpha value is -3.65. The van der Waals surface area contributed by atoms with Gasteiger partial charge in [-0.05, 0) is 54.1 Å². The summed E-state index contributed by atoms with van der Waals surface area (Å²) in [6, 6.07) is 13.1. The fraction of sp³-hybridized carbons (Fsp3) is 0.208. The van der Waals surface area contributed by atoms with Crippen molar-refractivity contribution < 1.29 is 19.0 Å². The number of nitrogens with zero attached hydrogens (tertiary/aromatic N) is 2. The third-order valence-electron chi connectivity index (χ3n) is 5.32. The molecule has 0 aliphatic carbocycles. The highest BCUT2D eigenvalue weighted by atomic mass is 32.1. The van der Waals surface area contributed by atoms with Crippen LogP contribution in [0, 0.1) is 6.92 Å². The van der Waals surface area contributed by atoms with Gasteiger partial charge in [-0.2, -0.15) is 0 Å². The molecule has 0 saturated heterocycles. The van der Waals surface area contributed by atoms with Crippen LogP contribution >= 0.6 is 11.3 Å². The zero-order chi connectivity index (χ0) is 22.1. The molecular weight excluding hydrogens is 426 g/mol. The first-order chi connectivity index (χ1) is 15.6. The van der Waals surface area contributed by atoms with Gasteiger partial charge in [0.15, 0.2) is 17.3 Å². The summed E-state index contributed by atoms with van der Waals surface area (Å²) in [7, 11) is 1.37. The second-order valence-corrected chi connectivity index (χ2v) is 8.29. The number of thiophene rings is 1. The van der Waals surface area contributed by atoms with Gasteiger partial charge < -0.3 is 19.5 Å². The molecule has 162 valence electrons. The van der Waals surface area contributed by atoms with E-state index in [1.165, 1.54) is 7.11 Å². The highest BCUT2D eigenvalue weighted by Gasteiger charge is 2.15. The van der Waals surface area contributed by atoms with Gasteiger partial charge in [0.05, 0.1) is 18.1 Å². The zero-order valence-electron chi connectivity index (χ0n) is 17.7. The van der Waals surface area contributed by atoms with E-state index in [0.717, 1.165) is 50.6 Å². The summed E-state index contributed by atoms with van der Waals surface area (Å²) in [5.74, 6) is 2.63. The highest BCUT2D eigenvalue weighted by Crippen LogP contribution is 2.34. The Kier molecular flexibility index (Phi) is 5.36. The number of fused-ring (bicyclic) bond motifs is 2. The van der Waals surface area contributed by atoms with Crippen LogP contribution in [-0.4, -0.2) is 36.4 Å². The Labute approximate surface area is 189 Å². The number of rotatable bonds is 6. The van der Waals surface area contributed by atoms with Crippen LogP contribution in [0.5, 0.6) is 11.5 Å². The maximum atomic E-state index is 11.7. The SMILES string of the molecule is COC(=O)c1ccc(-c2nc(NCCc3ccc4c(c3)OCO4)c3c(C)csc3n2)cc1. The van der Waals surface area contributed by atoms with E-state index in [4.69, 9.17) is 24.2 Å². The van der Waals surface area contributed by atoms with Gasteiger partial charge in [0, 0.05) is 12.1 Å². The predicted molar refractivity (Wildman–Crippen MR) is 124 cm³/mol. The van der Waals surface area contributed by atoms with E-state index in [0.29, 0.717) is 17.9 Å². The molecule has 3 heterocycles. The summed E-state index contributed by atoms with van der Waals surface area (Å²) >= 11 is 1.60. The number of nitrogens with one attached hydrogen (secondary N) is 1. The Bertz CT molecular complexity index is 1300. The fourth-order valence-electron chi connectivity index (χ4n) is 3.64. The summed E-state index contributed by atoms with van der Waals surface area (Å²) in [6.45, 7) is 3.05. The quantitative estimate of drug-likeness (QED) is 0.424. The van der Waals surface area contributed by atoms with Crippen molar-refractivity contribution in [2.45, 2.75) is 13.3 Å². The molecule has 8 heteroatoms. The predicted octanol–water partition coefficient (Wildman–Crippen LogP) is 4.84. The first kappa shape index (κ1) is 20.3. The molecule has 0 amide bonds. The molecule has 7 nitrogen and oxygen atoms in total. The molecule has 0 fully saturated rings. The smallest absolute Gasteiger partial charge is 0.337 e. The van der Waals surface area contributed by atoms with Gasteiger partial charge in [0.2, 0.25) is 6.79 Å². The average molecular weight is 448 g/mol. The number of carbonyl (C=O) groups is 1. The lowest BCUT2D eigenvalue weighted by molar-refractivity contribution is 0.0600. The van der Waals surface area contributed by atoms with Crippen LogP contribution in [0.3, 0.4) is 0 Å². The van der Waals surface area contributed by atoms with E-state index >= 15 is 0 Å². The molecule has 0 unspecified atom stereocenters. The van der Waals surface area contributed by atoms with Crippen molar-refractivity contribution in [1.29, 1.82) is 0 Å². The molecule has 5 rings (SSSR count). The second kappa shape index (κ2) is 8.47. The van der Waals surface area contributed by atoms with Gasteiger partial charge in [-0.1, -0.05) is 18.2 Å². The molecule has 1 aliphatic heterocycles. The molecule has 0 bridgehead atoms. The van der Waals surface area contributed by atoms with Gasteiger partial charge >= 0.3 is 5.97 Å². The second-order valence-electron chi connectivity index (χ2n) is 7.43. The first-order valence-electron chi connectivity index (χ1n) is 10.2. The van der Waals surface area contributed by atoms with Crippen molar-refractivity contribution in [2.75, 3.05) is 25.8 Å². The lowest BCUT2D eigenvalue weighted by Gasteiger charge is -2.11. The van der Waals surface area contributed by atoms with E-state index in [-0.39, 0.29) is 12.8 Å². The van der Waals surface area contributed by atoms with E-state index in [9.17, 15) is 4.79 Å². The zero-order valence-corrected chi connectivity index (χ0v) is 18.5. The Morgan fingerprint density at radius 3 is 2.75 bits per heavy atom. The summed E-state index contributed by atoms with van der Waals surface area (Å²) in [5, 5.41) is 6.62. The van der Waals surface area contributed by atoms with Crippen molar-refractivity contribution in [3.8, 4) is 22.9 Å². The van der Waals surface area contributed by atoms with Crippen LogP contribution in [0.1, 0.15) is 21.5 Å². The lowest BCUT2D eigenvalue weighted by atomic mass is 10.1. The third-order valence-corrected chi connectivity index (χ3v) is 6.31. The number of aromatic nitrogens is 2. The topological polar surface area (TPSA) is 82.6 Å². The monoisotopic (exact) mass is 447 g/mol. The van der Waals surface area contributed by atoms with Gasteiger partial charge in [-0.3, -0.25) is 0 Å². The largest absolute Gasteiger partial charge is 0.465 e. The normalized spacial score (nSPS) is 12.2. The van der Waals surface area contributed by atoms with Crippen LogP contribution in [0.2, 0.25) is 0 Å². The molecule has 2 aromatic heterocycles. The molecule has 4 aromatic rings. The number of aryl methyl sites for hydroxylation is 1. The van der Waals surface area contributed by atoms with Crippen molar-refractivity contribution in [3.05, 3.63) is 64.5 Å². The summed E-state index contributed by atoms with van der Waals surface area (Å²) < 4.78 is 15.6. The third kappa shape index (κ3) is 3.85. The minimum Gasteiger partial charge on any atom is -0.465 e. The molecule has 1 aliphatic rings. The first-order valence-corrected chi connectivity index (χ1v) is 11.1. The molecule has 0 atom stereocenters. The average Bonchev–Trinajstić information content (AvgIpc) is 3.45. The molecule has 0 radical (unpaired) electrons. The fourth-order valence-corrected chi connectivity index (χ4v) is 4.56. The molecular formula is C24H21N3O4S. The standard InChI is InChI=1S/C24H21N3O4S/c1-14-12-32-23-20(14)22(25-10-9-15-3-8-18-19(11-15)31-13-30-18)26-21(27-23)16-4-6-17(7-5-16)24(28)29-2/h3-8,11-12H,9-10,13H2,1-2H3,(H,25,26,27). The molecule has 32 heavy (non-hydrogen) atoms. The van der Waals surface area contributed by atoms with E-state index < -0.39 is 0 Å². The van der Waals surface area contributed by atoms with Crippen LogP contribution in [-0.2, 0) is 11.2 Å². The van der Waals surface area contributed by atoms with Crippen LogP contribution in [0.4, 0.5) is 5.82 Å². The van der Waals surface area contributed by atoms with Gasteiger partial charge in [-0.25, -0.2) is 14.8 Å². The van der Waals surface area contributed by atoms with Crippen LogP contribution in [0.15, 0.2) is 47.8 Å². The Morgan fingerprint density at radius 1 is 1.12 bits per heavy atom. The molecule has 2 aromatic carbocycles. The number of esters is 1. The molecule has 1 N–H and O–H groups in total. The van der Waals surface area contributed by atoms with Crippen LogP contribution in [0.25, 0.3) is 21.6 Å². The number of benzene rings is 2. The lowest BCUT2D eigenvalue weighted by Crippen LogP contribution is -2.08. The van der Waals surface area contributed by atoms with Crippen molar-refractivity contribution in [2.24, 2.45) is 0 Å². The van der Waals surface area contributed by atoms with E-state index in [2.05, 4.69) is 23.7 Å². The Balaban J connectivity index is 1.39. The number of ether oxygens (including phenoxy) is 3. The van der Waals surface area contributed by atoms with Crippen molar-refractivity contribution in [1.82, 2.24) is 9.97 Å². The number of anilines is 1. The van der Waals surface area contributed by atoms with Gasteiger partial charge in [-0.15, -0.1) is 11.3 Å². The maximum Gasteiger partial charge on any atom is 0.337 e. The molecule has 0 spiro atoms. The molecule has 0 saturated carbocycles. The maximum absolute atomic E-state index is 11.7. The van der Waals surface area contributed by atoms with Crippen molar-refractivity contribution in [3.63, 3.8) is 0 Å². The van der Waals surface area contributed by atoms with Crippen molar-refractivity contribution >= 4 is 33.3 Å². The van der Waals surface area contributed by atoms with Gasteiger partial charge in [0.1, 0.15) is 10.6 Å². The van der Waals surface area contributed by atoms with Crippen LogP contribution < -0.4 is 14.8 Å². The highest BCUT2D eigenvalue weighted by molar-refractivity contribution is 7.17. The van der Waals surface area contributed by atoms with Gasteiger partial charge in [0.25, 0.3) is 0 Å². The number of hydrogen-bond donors (Lipinski definition) is 1. The van der Waals surface area contributed by atoms with E-state index in [1.807, 2.05) is 24.3 Å². The number of hydrogen-bond acceptors (Lipinski definition) is 8. The summed E-state index contributed by atoms with van der Waals surface area (Å²) in [6.07, 6.45) is 0.814. The summed E-state index contributed by atoms with van der Waals surface area (Å²) in [4.78, 5) is 22.2. The Morgan fingerprint density at radius 2 is 1.94 bits per heavy atom. The number of methoxy groups -OCH3 is 1. The van der Waals surface area contributed by atoms with E-state index in [1.54, 1.807) is 23.5 Å².